The second-order valence-corrected chi connectivity index (χ2v) is 5.78. The van der Waals surface area contributed by atoms with Crippen LogP contribution in [0.15, 0.2) is 28.9 Å². The van der Waals surface area contributed by atoms with Gasteiger partial charge in [-0.05, 0) is 19.1 Å². The molecular formula is C16H23N5O2. The molecule has 0 aromatic carbocycles. The molecule has 23 heavy (non-hydrogen) atoms. The topological polar surface area (TPSA) is 67.5 Å². The Hall–Kier alpha value is -1.83. The van der Waals surface area contributed by atoms with Crippen LogP contribution < -0.4 is 0 Å². The van der Waals surface area contributed by atoms with E-state index in [9.17, 15) is 0 Å². The van der Waals surface area contributed by atoms with Gasteiger partial charge in [-0.25, -0.2) is 0 Å². The van der Waals surface area contributed by atoms with Gasteiger partial charge >= 0.3 is 0 Å². The summed E-state index contributed by atoms with van der Waals surface area (Å²) in [6.07, 6.45) is 1.86. The molecule has 0 amide bonds. The first-order valence-corrected chi connectivity index (χ1v) is 7.94. The fourth-order valence-corrected chi connectivity index (χ4v) is 2.85. The largest absolute Gasteiger partial charge is 0.377 e. The molecule has 0 radical (unpaired) electrons. The van der Waals surface area contributed by atoms with Crippen LogP contribution in [0.1, 0.15) is 30.4 Å². The Labute approximate surface area is 136 Å². The van der Waals surface area contributed by atoms with E-state index in [1.165, 1.54) is 0 Å². The fraction of sp³-hybridized carbons (Fsp3) is 0.562. The summed E-state index contributed by atoms with van der Waals surface area (Å²) in [4.78, 5) is 13.6. The molecule has 1 fully saturated rings. The average Bonchev–Trinajstić information content (AvgIpc) is 3.03. The zero-order valence-electron chi connectivity index (χ0n) is 13.7. The first-order valence-electron chi connectivity index (χ1n) is 7.94. The van der Waals surface area contributed by atoms with Gasteiger partial charge in [0.1, 0.15) is 6.61 Å². The van der Waals surface area contributed by atoms with E-state index < -0.39 is 0 Å². The molecule has 1 atom stereocenters. The molecule has 3 heterocycles. The average molecular weight is 317 g/mol. The minimum absolute atomic E-state index is 0.343. The molecule has 2 aromatic heterocycles. The van der Waals surface area contributed by atoms with Crippen LogP contribution in [0.2, 0.25) is 0 Å². The number of piperazine rings is 1. The lowest BCUT2D eigenvalue weighted by Gasteiger charge is -2.37. The van der Waals surface area contributed by atoms with Gasteiger partial charge in [0.15, 0.2) is 5.82 Å². The molecule has 0 N–H and O–H groups in total. The standard InChI is InChI=1S/C16H23N5O2/c1-13(14-5-3-4-6-17-14)21-9-7-20(8-10-21)11-16-18-15(12-22-2)19-23-16/h3-6,13H,7-12H2,1-2H3/t13-/m1/s1. The molecule has 0 saturated carbocycles. The number of hydrogen-bond donors (Lipinski definition) is 0. The lowest BCUT2D eigenvalue weighted by atomic mass is 10.1. The Balaban J connectivity index is 1.50. The SMILES string of the molecule is COCc1noc(CN2CCN([C@H](C)c3ccccn3)CC2)n1. The highest BCUT2D eigenvalue weighted by atomic mass is 16.5. The molecule has 3 rings (SSSR count). The molecule has 7 heteroatoms. The van der Waals surface area contributed by atoms with Gasteiger partial charge in [-0.2, -0.15) is 4.98 Å². The molecule has 0 spiro atoms. The lowest BCUT2D eigenvalue weighted by molar-refractivity contribution is 0.0891. The quantitative estimate of drug-likeness (QED) is 0.799. The second kappa shape index (κ2) is 7.63. The van der Waals surface area contributed by atoms with Gasteiger partial charge in [-0.1, -0.05) is 11.2 Å². The Morgan fingerprint density at radius 3 is 2.78 bits per heavy atom. The number of methoxy groups -OCH3 is 1. The summed E-state index contributed by atoms with van der Waals surface area (Å²) < 4.78 is 10.3. The van der Waals surface area contributed by atoms with Gasteiger partial charge in [-0.3, -0.25) is 14.8 Å². The zero-order chi connectivity index (χ0) is 16.1. The van der Waals surface area contributed by atoms with Crippen molar-refractivity contribution in [2.45, 2.75) is 26.1 Å². The predicted molar refractivity (Wildman–Crippen MR) is 84.5 cm³/mol. The molecule has 1 saturated heterocycles. The van der Waals surface area contributed by atoms with Crippen molar-refractivity contribution in [1.29, 1.82) is 0 Å². The number of aromatic nitrogens is 3. The molecule has 0 bridgehead atoms. The monoisotopic (exact) mass is 317 g/mol. The van der Waals surface area contributed by atoms with Crippen LogP contribution in [-0.2, 0) is 17.9 Å². The minimum Gasteiger partial charge on any atom is -0.377 e. The van der Waals surface area contributed by atoms with Crippen molar-refractivity contribution in [2.75, 3.05) is 33.3 Å². The van der Waals surface area contributed by atoms with Crippen molar-refractivity contribution in [3.8, 4) is 0 Å². The van der Waals surface area contributed by atoms with E-state index in [0.29, 0.717) is 30.9 Å². The highest BCUT2D eigenvalue weighted by Gasteiger charge is 2.23. The van der Waals surface area contributed by atoms with Gasteiger partial charge < -0.3 is 9.26 Å². The Morgan fingerprint density at radius 1 is 1.26 bits per heavy atom. The molecule has 2 aromatic rings. The van der Waals surface area contributed by atoms with Gasteiger partial charge in [0.05, 0.1) is 12.2 Å². The number of hydrogen-bond acceptors (Lipinski definition) is 7. The Kier molecular flexibility index (Phi) is 5.32. The van der Waals surface area contributed by atoms with Crippen molar-refractivity contribution in [2.24, 2.45) is 0 Å². The summed E-state index contributed by atoms with van der Waals surface area (Å²) in [5.74, 6) is 1.26. The summed E-state index contributed by atoms with van der Waals surface area (Å²) in [7, 11) is 1.62. The number of pyridine rings is 1. The second-order valence-electron chi connectivity index (χ2n) is 5.78. The molecule has 7 nitrogen and oxygen atoms in total. The number of nitrogens with zero attached hydrogens (tertiary/aromatic N) is 5. The number of ether oxygens (including phenoxy) is 1. The maximum atomic E-state index is 5.26. The normalized spacial score (nSPS) is 18.2. The van der Waals surface area contributed by atoms with Crippen LogP contribution in [-0.4, -0.2) is 58.2 Å². The highest BCUT2D eigenvalue weighted by molar-refractivity contribution is 5.08. The number of rotatable bonds is 6. The fourth-order valence-electron chi connectivity index (χ4n) is 2.85. The van der Waals surface area contributed by atoms with Crippen LogP contribution in [0, 0.1) is 0 Å². The van der Waals surface area contributed by atoms with Crippen LogP contribution in [0.4, 0.5) is 0 Å². The van der Waals surface area contributed by atoms with Gasteiger partial charge in [-0.15, -0.1) is 0 Å². The molecule has 1 aliphatic rings. The summed E-state index contributed by atoms with van der Waals surface area (Å²) in [6.45, 7) is 7.29. The summed E-state index contributed by atoms with van der Waals surface area (Å²) >= 11 is 0. The molecular weight excluding hydrogens is 294 g/mol. The first kappa shape index (κ1) is 16.0. The molecule has 0 aliphatic carbocycles. The van der Waals surface area contributed by atoms with E-state index >= 15 is 0 Å². The highest BCUT2D eigenvalue weighted by Crippen LogP contribution is 2.20. The smallest absolute Gasteiger partial charge is 0.240 e. The Bertz CT molecular complexity index is 596. The van der Waals surface area contributed by atoms with E-state index in [0.717, 1.165) is 31.9 Å². The maximum Gasteiger partial charge on any atom is 0.240 e. The third-order valence-electron chi connectivity index (χ3n) is 4.21. The van der Waals surface area contributed by atoms with Crippen molar-refractivity contribution < 1.29 is 9.26 Å². The summed E-state index contributed by atoms with van der Waals surface area (Å²) in [6, 6.07) is 6.43. The third kappa shape index (κ3) is 4.13. The Morgan fingerprint density at radius 2 is 2.09 bits per heavy atom. The summed E-state index contributed by atoms with van der Waals surface area (Å²) in [5, 5.41) is 3.90. The van der Waals surface area contributed by atoms with Crippen LogP contribution in [0.25, 0.3) is 0 Å². The van der Waals surface area contributed by atoms with Crippen molar-refractivity contribution in [3.05, 3.63) is 41.8 Å². The molecule has 124 valence electrons. The van der Waals surface area contributed by atoms with Gasteiger partial charge in [0.25, 0.3) is 0 Å². The van der Waals surface area contributed by atoms with E-state index in [2.05, 4.69) is 37.9 Å². The lowest BCUT2D eigenvalue weighted by Crippen LogP contribution is -2.46. The van der Waals surface area contributed by atoms with Crippen LogP contribution >= 0.6 is 0 Å². The van der Waals surface area contributed by atoms with Crippen LogP contribution in [0.3, 0.4) is 0 Å². The van der Waals surface area contributed by atoms with E-state index in [4.69, 9.17) is 9.26 Å². The molecule has 1 aliphatic heterocycles. The van der Waals surface area contributed by atoms with E-state index in [1.807, 2.05) is 18.3 Å². The zero-order valence-corrected chi connectivity index (χ0v) is 13.7. The molecule has 0 unspecified atom stereocenters. The maximum absolute atomic E-state index is 5.26. The van der Waals surface area contributed by atoms with Crippen LogP contribution in [0.5, 0.6) is 0 Å². The van der Waals surface area contributed by atoms with Crippen molar-refractivity contribution in [1.82, 2.24) is 24.9 Å². The van der Waals surface area contributed by atoms with E-state index in [1.54, 1.807) is 7.11 Å². The van der Waals surface area contributed by atoms with Gasteiger partial charge in [0, 0.05) is 45.5 Å². The minimum atomic E-state index is 0.343. The third-order valence-corrected chi connectivity index (χ3v) is 4.21. The van der Waals surface area contributed by atoms with Crippen molar-refractivity contribution >= 4 is 0 Å². The predicted octanol–water partition coefficient (Wildman–Crippen LogP) is 1.49. The van der Waals surface area contributed by atoms with Crippen molar-refractivity contribution in [3.63, 3.8) is 0 Å². The summed E-state index contributed by atoms with van der Waals surface area (Å²) in [5.41, 5.74) is 1.13. The first-order chi connectivity index (χ1) is 11.3. The van der Waals surface area contributed by atoms with E-state index in [-0.39, 0.29) is 0 Å². The van der Waals surface area contributed by atoms with Gasteiger partial charge in [0.2, 0.25) is 5.89 Å².